The molecule has 1 unspecified atom stereocenters. The van der Waals surface area contributed by atoms with Crippen LogP contribution in [0.15, 0.2) is 66.9 Å². The fourth-order valence-corrected chi connectivity index (χ4v) is 3.14. The molecule has 2 amide bonds. The highest BCUT2D eigenvalue weighted by Gasteiger charge is 2.24. The molecule has 8 heteroatoms. The average molecular weight is 451 g/mol. The van der Waals surface area contributed by atoms with Crippen molar-refractivity contribution in [2.75, 3.05) is 7.11 Å². The molecule has 1 aromatic heterocycles. The van der Waals surface area contributed by atoms with Crippen molar-refractivity contribution in [1.82, 2.24) is 20.4 Å². The first-order valence-corrected chi connectivity index (χ1v) is 10.7. The second-order valence-corrected chi connectivity index (χ2v) is 8.56. The van der Waals surface area contributed by atoms with Gasteiger partial charge in [0.25, 0.3) is 0 Å². The number of methoxy groups -OCH3 is 1. The quantitative estimate of drug-likeness (QED) is 0.547. The third kappa shape index (κ3) is 7.38. The zero-order chi connectivity index (χ0) is 23.8. The van der Waals surface area contributed by atoms with Crippen molar-refractivity contribution >= 4 is 12.0 Å². The van der Waals surface area contributed by atoms with Crippen molar-refractivity contribution in [2.45, 2.75) is 45.4 Å². The van der Waals surface area contributed by atoms with Gasteiger partial charge in [-0.15, -0.1) is 0 Å². The zero-order valence-corrected chi connectivity index (χ0v) is 19.4. The summed E-state index contributed by atoms with van der Waals surface area (Å²) < 4.78 is 12.2. The Balaban J connectivity index is 1.64. The lowest BCUT2D eigenvalue weighted by Gasteiger charge is -2.23. The molecule has 0 aliphatic rings. The Morgan fingerprint density at radius 1 is 1.03 bits per heavy atom. The summed E-state index contributed by atoms with van der Waals surface area (Å²) >= 11 is 0. The highest BCUT2D eigenvalue weighted by molar-refractivity contribution is 5.86. The number of ether oxygens (including phenoxy) is 2. The number of carbonyl (C=O) groups is 2. The van der Waals surface area contributed by atoms with E-state index in [4.69, 9.17) is 9.47 Å². The van der Waals surface area contributed by atoms with E-state index < -0.39 is 17.7 Å². The highest BCUT2D eigenvalue weighted by atomic mass is 16.6. The summed E-state index contributed by atoms with van der Waals surface area (Å²) in [5, 5.41) is 10.1. The maximum atomic E-state index is 12.9. The van der Waals surface area contributed by atoms with Gasteiger partial charge < -0.3 is 20.1 Å². The van der Waals surface area contributed by atoms with Crippen LogP contribution in [0.2, 0.25) is 0 Å². The molecule has 8 nitrogen and oxygen atoms in total. The molecule has 0 saturated heterocycles. The van der Waals surface area contributed by atoms with Crippen LogP contribution in [0.25, 0.3) is 5.69 Å². The number of hydrogen-bond acceptors (Lipinski definition) is 5. The van der Waals surface area contributed by atoms with Crippen LogP contribution in [-0.4, -0.2) is 40.5 Å². The van der Waals surface area contributed by atoms with Crippen molar-refractivity contribution in [3.8, 4) is 11.4 Å². The molecule has 0 bridgehead atoms. The third-order valence-electron chi connectivity index (χ3n) is 4.72. The van der Waals surface area contributed by atoms with Crippen molar-refractivity contribution in [3.63, 3.8) is 0 Å². The van der Waals surface area contributed by atoms with Gasteiger partial charge in [-0.2, -0.15) is 5.10 Å². The van der Waals surface area contributed by atoms with Gasteiger partial charge in [0.05, 0.1) is 25.0 Å². The fraction of sp³-hybridized carbons (Fsp3) is 0.320. The minimum absolute atomic E-state index is 0.225. The third-order valence-corrected chi connectivity index (χ3v) is 4.72. The number of benzene rings is 2. The number of aromatic nitrogens is 2. The molecule has 2 N–H and O–H groups in total. The molecule has 1 atom stereocenters. The Kier molecular flexibility index (Phi) is 7.71. The van der Waals surface area contributed by atoms with Crippen molar-refractivity contribution in [2.24, 2.45) is 0 Å². The normalized spacial score (nSPS) is 12.0. The number of rotatable bonds is 8. The lowest BCUT2D eigenvalue weighted by atomic mass is 10.1. The van der Waals surface area contributed by atoms with Gasteiger partial charge in [-0.05, 0) is 56.7 Å². The summed E-state index contributed by atoms with van der Waals surface area (Å²) in [4.78, 5) is 25.2. The van der Waals surface area contributed by atoms with Gasteiger partial charge in [0.2, 0.25) is 5.91 Å². The van der Waals surface area contributed by atoms with Gasteiger partial charge in [-0.1, -0.05) is 30.3 Å². The van der Waals surface area contributed by atoms with E-state index in [0.717, 1.165) is 17.0 Å². The molecule has 0 fully saturated rings. The summed E-state index contributed by atoms with van der Waals surface area (Å²) in [7, 11) is 1.62. The Morgan fingerprint density at radius 3 is 2.36 bits per heavy atom. The molecule has 0 aliphatic heterocycles. The summed E-state index contributed by atoms with van der Waals surface area (Å²) in [5.74, 6) is 0.448. The standard InChI is InChI=1S/C25H30N4O4/c1-25(2,3)33-24(31)27-22(16-18-8-6-5-7-9-18)23(30)26-17-19-14-15-29(28-19)20-10-12-21(32-4)13-11-20/h5-15,22H,16-17H2,1-4H3,(H,26,30)(H,27,31). The largest absolute Gasteiger partial charge is 0.497 e. The van der Waals surface area contributed by atoms with Gasteiger partial charge in [-0.25, -0.2) is 9.48 Å². The van der Waals surface area contributed by atoms with E-state index >= 15 is 0 Å². The van der Waals surface area contributed by atoms with Crippen LogP contribution < -0.4 is 15.4 Å². The van der Waals surface area contributed by atoms with Crippen LogP contribution in [-0.2, 0) is 22.5 Å². The molecule has 0 aliphatic carbocycles. The second-order valence-electron chi connectivity index (χ2n) is 8.56. The van der Waals surface area contributed by atoms with Crippen molar-refractivity contribution in [3.05, 3.63) is 78.1 Å². The molecule has 2 aromatic carbocycles. The minimum Gasteiger partial charge on any atom is -0.497 e. The number of nitrogens with zero attached hydrogens (tertiary/aromatic N) is 2. The molecule has 0 saturated carbocycles. The fourth-order valence-electron chi connectivity index (χ4n) is 3.14. The van der Waals surface area contributed by atoms with Gasteiger partial charge in [0.15, 0.2) is 0 Å². The van der Waals surface area contributed by atoms with Crippen LogP contribution in [0.1, 0.15) is 32.0 Å². The predicted molar refractivity (Wildman–Crippen MR) is 125 cm³/mol. The van der Waals surface area contributed by atoms with Gasteiger partial charge in [0, 0.05) is 12.6 Å². The maximum Gasteiger partial charge on any atom is 0.408 e. The average Bonchev–Trinajstić information content (AvgIpc) is 3.25. The first-order valence-electron chi connectivity index (χ1n) is 10.7. The molecule has 3 aromatic rings. The second kappa shape index (κ2) is 10.7. The molecule has 0 spiro atoms. The Hall–Kier alpha value is -3.81. The molecular weight excluding hydrogens is 420 g/mol. The van der Waals surface area contributed by atoms with E-state index in [2.05, 4.69) is 15.7 Å². The Labute approximate surface area is 193 Å². The summed E-state index contributed by atoms with van der Waals surface area (Å²) in [6.45, 7) is 5.55. The number of hydrogen-bond donors (Lipinski definition) is 2. The summed E-state index contributed by atoms with van der Waals surface area (Å²) in [6.07, 6.45) is 1.53. The van der Waals surface area contributed by atoms with Crippen LogP contribution in [0.3, 0.4) is 0 Å². The molecule has 174 valence electrons. The van der Waals surface area contributed by atoms with Gasteiger partial charge in [0.1, 0.15) is 17.4 Å². The van der Waals surface area contributed by atoms with E-state index in [9.17, 15) is 9.59 Å². The summed E-state index contributed by atoms with van der Waals surface area (Å²) in [6, 6.07) is 18.1. The molecule has 33 heavy (non-hydrogen) atoms. The first-order chi connectivity index (χ1) is 15.7. The van der Waals surface area contributed by atoms with E-state index in [1.165, 1.54) is 0 Å². The van der Waals surface area contributed by atoms with Crippen LogP contribution in [0.4, 0.5) is 4.79 Å². The van der Waals surface area contributed by atoms with Crippen LogP contribution >= 0.6 is 0 Å². The number of alkyl carbamates (subject to hydrolysis) is 1. The number of nitrogens with one attached hydrogen (secondary N) is 2. The zero-order valence-electron chi connectivity index (χ0n) is 19.4. The Bertz CT molecular complexity index is 1060. The monoisotopic (exact) mass is 450 g/mol. The van der Waals surface area contributed by atoms with Gasteiger partial charge in [-0.3, -0.25) is 4.79 Å². The number of carbonyl (C=O) groups excluding carboxylic acids is 2. The maximum absolute atomic E-state index is 12.9. The molecular formula is C25H30N4O4. The molecule has 3 rings (SSSR count). The molecule has 0 radical (unpaired) electrons. The molecule has 1 heterocycles. The van der Waals surface area contributed by atoms with E-state index in [-0.39, 0.29) is 12.5 Å². The van der Waals surface area contributed by atoms with Gasteiger partial charge >= 0.3 is 6.09 Å². The van der Waals surface area contributed by atoms with Crippen molar-refractivity contribution in [1.29, 1.82) is 0 Å². The van der Waals surface area contributed by atoms with E-state index in [1.54, 1.807) is 32.6 Å². The first kappa shape index (κ1) is 23.8. The Morgan fingerprint density at radius 2 is 1.73 bits per heavy atom. The number of amides is 2. The highest BCUT2D eigenvalue weighted by Crippen LogP contribution is 2.14. The van der Waals surface area contributed by atoms with E-state index in [1.807, 2.05) is 66.9 Å². The lowest BCUT2D eigenvalue weighted by Crippen LogP contribution is -2.49. The van der Waals surface area contributed by atoms with Crippen LogP contribution in [0, 0.1) is 0 Å². The smallest absolute Gasteiger partial charge is 0.408 e. The van der Waals surface area contributed by atoms with E-state index in [0.29, 0.717) is 12.1 Å². The van der Waals surface area contributed by atoms with Crippen molar-refractivity contribution < 1.29 is 19.1 Å². The minimum atomic E-state index is -0.786. The topological polar surface area (TPSA) is 94.5 Å². The SMILES string of the molecule is COc1ccc(-n2ccc(CNC(=O)C(Cc3ccccc3)NC(=O)OC(C)(C)C)n2)cc1. The predicted octanol–water partition coefficient (Wildman–Crippen LogP) is 3.63. The lowest BCUT2D eigenvalue weighted by molar-refractivity contribution is -0.123. The summed E-state index contributed by atoms with van der Waals surface area (Å²) in [5.41, 5.74) is 1.83. The van der Waals surface area contributed by atoms with Crippen LogP contribution in [0.5, 0.6) is 5.75 Å².